The molecule has 110 valence electrons. The van der Waals surface area contributed by atoms with Gasteiger partial charge in [-0.25, -0.2) is 9.97 Å². The predicted octanol–water partition coefficient (Wildman–Crippen LogP) is 3.40. The van der Waals surface area contributed by atoms with Gasteiger partial charge in [-0.2, -0.15) is 0 Å². The van der Waals surface area contributed by atoms with Gasteiger partial charge in [0.15, 0.2) is 0 Å². The first kappa shape index (κ1) is 15.2. The Morgan fingerprint density at radius 1 is 1.30 bits per heavy atom. The van der Waals surface area contributed by atoms with Crippen LogP contribution in [0.25, 0.3) is 10.2 Å². The van der Waals surface area contributed by atoms with Crippen LogP contribution < -0.4 is 5.32 Å². The van der Waals surface area contributed by atoms with E-state index in [-0.39, 0.29) is 0 Å². The summed E-state index contributed by atoms with van der Waals surface area (Å²) < 4.78 is 0. The lowest BCUT2D eigenvalue weighted by Crippen LogP contribution is -2.34. The van der Waals surface area contributed by atoms with E-state index in [4.69, 9.17) is 0 Å². The monoisotopic (exact) mass is 292 g/mol. The van der Waals surface area contributed by atoms with E-state index in [1.54, 1.807) is 17.7 Å². The molecule has 0 unspecified atom stereocenters. The van der Waals surface area contributed by atoms with E-state index in [0.717, 1.165) is 42.1 Å². The van der Waals surface area contributed by atoms with Crippen LogP contribution in [0.2, 0.25) is 0 Å². The third-order valence-electron chi connectivity index (χ3n) is 3.56. The highest BCUT2D eigenvalue weighted by atomic mass is 32.1. The highest BCUT2D eigenvalue weighted by molar-refractivity contribution is 7.18. The quantitative estimate of drug-likeness (QED) is 0.849. The molecule has 20 heavy (non-hydrogen) atoms. The molecule has 0 spiro atoms. The molecule has 2 heterocycles. The fourth-order valence-electron chi connectivity index (χ4n) is 2.32. The maximum Gasteiger partial charge on any atom is 0.138 e. The number of thiophene rings is 1. The number of fused-ring (bicyclic) bond motifs is 1. The molecule has 0 bridgehead atoms. The van der Waals surface area contributed by atoms with Crippen LogP contribution in [0.5, 0.6) is 0 Å². The Hall–Kier alpha value is -1.20. The maximum absolute atomic E-state index is 4.39. The summed E-state index contributed by atoms with van der Waals surface area (Å²) in [6.07, 6.45) is 2.71. The highest BCUT2D eigenvalue weighted by Crippen LogP contribution is 2.28. The number of hydrogen-bond acceptors (Lipinski definition) is 5. The van der Waals surface area contributed by atoms with E-state index in [2.05, 4.69) is 53.9 Å². The molecule has 0 amide bonds. The molecule has 0 fully saturated rings. The minimum Gasteiger partial charge on any atom is -0.368 e. The number of nitrogens with one attached hydrogen (secondary N) is 1. The molecule has 2 rings (SSSR count). The molecule has 0 saturated heterocycles. The van der Waals surface area contributed by atoms with Crippen LogP contribution in [0.3, 0.4) is 0 Å². The Morgan fingerprint density at radius 2 is 2.10 bits per heavy atom. The lowest BCUT2D eigenvalue weighted by atomic mass is 10.3. The summed E-state index contributed by atoms with van der Waals surface area (Å²) >= 11 is 1.76. The van der Waals surface area contributed by atoms with Crippen LogP contribution >= 0.6 is 11.3 Å². The van der Waals surface area contributed by atoms with Crippen molar-refractivity contribution in [2.45, 2.75) is 40.2 Å². The largest absolute Gasteiger partial charge is 0.368 e. The van der Waals surface area contributed by atoms with E-state index in [0.29, 0.717) is 6.04 Å². The summed E-state index contributed by atoms with van der Waals surface area (Å²) in [5.41, 5.74) is 0. The van der Waals surface area contributed by atoms with Crippen molar-refractivity contribution in [3.05, 3.63) is 17.3 Å². The van der Waals surface area contributed by atoms with Gasteiger partial charge in [0.25, 0.3) is 0 Å². The minimum atomic E-state index is 0.583. The zero-order valence-corrected chi connectivity index (χ0v) is 13.6. The minimum absolute atomic E-state index is 0.583. The number of likely N-dealkylation sites (N-methyl/N-ethyl adjacent to an activating group) is 1. The number of rotatable bonds is 7. The predicted molar refractivity (Wildman–Crippen MR) is 87.7 cm³/mol. The van der Waals surface area contributed by atoms with Gasteiger partial charge in [0, 0.05) is 24.0 Å². The van der Waals surface area contributed by atoms with Gasteiger partial charge in [-0.15, -0.1) is 11.3 Å². The van der Waals surface area contributed by atoms with Crippen LogP contribution in [0.4, 0.5) is 5.82 Å². The number of hydrogen-bond donors (Lipinski definition) is 1. The first-order valence-electron chi connectivity index (χ1n) is 7.37. The lowest BCUT2D eigenvalue weighted by Gasteiger charge is -2.24. The van der Waals surface area contributed by atoms with Gasteiger partial charge in [-0.1, -0.05) is 13.8 Å². The van der Waals surface area contributed by atoms with Crippen LogP contribution in [0.1, 0.15) is 32.6 Å². The van der Waals surface area contributed by atoms with Gasteiger partial charge in [0.2, 0.25) is 0 Å². The summed E-state index contributed by atoms with van der Waals surface area (Å²) in [7, 11) is 0. The molecule has 0 radical (unpaired) electrons. The van der Waals surface area contributed by atoms with Crippen LogP contribution in [-0.4, -0.2) is 40.5 Å². The molecule has 0 aromatic carbocycles. The Kier molecular flexibility index (Phi) is 5.31. The summed E-state index contributed by atoms with van der Waals surface area (Å²) in [4.78, 5) is 13.6. The topological polar surface area (TPSA) is 41.0 Å². The summed E-state index contributed by atoms with van der Waals surface area (Å²) in [5.74, 6) is 0.964. The zero-order chi connectivity index (χ0) is 14.5. The molecule has 5 heteroatoms. The van der Waals surface area contributed by atoms with E-state index in [9.17, 15) is 0 Å². The molecule has 2 aromatic heterocycles. The normalized spacial score (nSPS) is 11.7. The second-order valence-electron chi connectivity index (χ2n) is 5.16. The van der Waals surface area contributed by atoms with Crippen molar-refractivity contribution in [3.63, 3.8) is 0 Å². The summed E-state index contributed by atoms with van der Waals surface area (Å²) in [5, 5.41) is 4.61. The third kappa shape index (κ3) is 3.46. The van der Waals surface area contributed by atoms with Crippen molar-refractivity contribution in [3.8, 4) is 0 Å². The second-order valence-corrected chi connectivity index (χ2v) is 6.27. The highest BCUT2D eigenvalue weighted by Gasteiger charge is 2.09. The van der Waals surface area contributed by atoms with E-state index < -0.39 is 0 Å². The van der Waals surface area contributed by atoms with E-state index >= 15 is 0 Å². The molecule has 0 saturated carbocycles. The Balaban J connectivity index is 2.04. The van der Waals surface area contributed by atoms with Crippen molar-refractivity contribution in [2.24, 2.45) is 0 Å². The Morgan fingerprint density at radius 3 is 2.75 bits per heavy atom. The van der Waals surface area contributed by atoms with Crippen molar-refractivity contribution in [1.82, 2.24) is 14.9 Å². The molecule has 0 atom stereocenters. The molecule has 0 aliphatic heterocycles. The fourth-order valence-corrected chi connectivity index (χ4v) is 3.25. The lowest BCUT2D eigenvalue weighted by molar-refractivity contribution is 0.243. The third-order valence-corrected chi connectivity index (χ3v) is 4.74. The van der Waals surface area contributed by atoms with Crippen molar-refractivity contribution in [2.75, 3.05) is 25.0 Å². The molecular formula is C15H24N4S. The standard InChI is InChI=1S/C15H24N4S/c1-5-12-9-13-14(17-10-18-15(13)20-12)16-7-8-19(6-2)11(3)4/h9-11H,5-8H2,1-4H3,(H,16,17,18). The Labute approximate surface area is 125 Å². The van der Waals surface area contributed by atoms with Crippen LogP contribution in [0, 0.1) is 0 Å². The molecule has 0 aliphatic carbocycles. The van der Waals surface area contributed by atoms with Crippen molar-refractivity contribution in [1.29, 1.82) is 0 Å². The molecule has 1 N–H and O–H groups in total. The van der Waals surface area contributed by atoms with Gasteiger partial charge in [0.1, 0.15) is 17.0 Å². The number of aromatic nitrogens is 2. The smallest absolute Gasteiger partial charge is 0.138 e. The maximum atomic E-state index is 4.39. The summed E-state index contributed by atoms with van der Waals surface area (Å²) in [6, 6.07) is 2.79. The van der Waals surface area contributed by atoms with Crippen molar-refractivity contribution < 1.29 is 0 Å². The first-order valence-corrected chi connectivity index (χ1v) is 8.18. The van der Waals surface area contributed by atoms with Gasteiger partial charge in [-0.05, 0) is 32.9 Å². The van der Waals surface area contributed by atoms with Gasteiger partial charge in [0.05, 0.1) is 5.39 Å². The fraction of sp³-hybridized carbons (Fsp3) is 0.600. The second kappa shape index (κ2) is 6.99. The average molecular weight is 292 g/mol. The van der Waals surface area contributed by atoms with Gasteiger partial charge >= 0.3 is 0 Å². The average Bonchev–Trinajstić information content (AvgIpc) is 2.87. The molecule has 2 aromatic rings. The molecule has 4 nitrogen and oxygen atoms in total. The van der Waals surface area contributed by atoms with Crippen LogP contribution in [-0.2, 0) is 6.42 Å². The SMILES string of the molecule is CCc1cc2c(NCCN(CC)C(C)C)ncnc2s1. The van der Waals surface area contributed by atoms with E-state index in [1.165, 1.54) is 4.88 Å². The van der Waals surface area contributed by atoms with Gasteiger partial charge in [-0.3, -0.25) is 4.90 Å². The Bertz CT molecular complexity index is 550. The van der Waals surface area contributed by atoms with Crippen LogP contribution in [0.15, 0.2) is 12.4 Å². The number of nitrogens with zero attached hydrogens (tertiary/aromatic N) is 3. The zero-order valence-electron chi connectivity index (χ0n) is 12.8. The molecular weight excluding hydrogens is 268 g/mol. The van der Waals surface area contributed by atoms with E-state index in [1.807, 2.05) is 0 Å². The first-order chi connectivity index (χ1) is 9.65. The summed E-state index contributed by atoms with van der Waals surface area (Å²) in [6.45, 7) is 11.9. The number of anilines is 1. The van der Waals surface area contributed by atoms with Gasteiger partial charge < -0.3 is 5.32 Å². The molecule has 0 aliphatic rings. The number of aryl methyl sites for hydroxylation is 1. The van der Waals surface area contributed by atoms with Crippen molar-refractivity contribution >= 4 is 27.4 Å².